The minimum Gasteiger partial charge on any atom is -0.392 e. The number of fused-ring (bicyclic) bond motifs is 1. The zero-order valence-corrected chi connectivity index (χ0v) is 16.7. The van der Waals surface area contributed by atoms with E-state index in [1.54, 1.807) is 5.57 Å². The van der Waals surface area contributed by atoms with E-state index in [0.717, 1.165) is 6.42 Å². The molecule has 0 radical (unpaired) electrons. The molecule has 0 amide bonds. The van der Waals surface area contributed by atoms with E-state index in [1.807, 2.05) is 0 Å². The predicted molar refractivity (Wildman–Crippen MR) is 109 cm³/mol. The summed E-state index contributed by atoms with van der Waals surface area (Å²) in [5, 5.41) is 10.4. The molecule has 0 heterocycles. The predicted octanol–water partition coefficient (Wildman–Crippen LogP) is 5.35. The third-order valence-electron chi connectivity index (χ3n) is 5.86. The molecule has 2 rings (SSSR count). The van der Waals surface area contributed by atoms with E-state index in [4.69, 9.17) is 0 Å². The Morgan fingerprint density at radius 2 is 2.00 bits per heavy atom. The van der Waals surface area contributed by atoms with Crippen LogP contribution in [0.15, 0.2) is 36.0 Å². The fourth-order valence-corrected chi connectivity index (χ4v) is 4.44. The molecule has 1 saturated carbocycles. The number of aliphatic hydroxyl groups is 1. The van der Waals surface area contributed by atoms with Crippen molar-refractivity contribution in [3.63, 3.8) is 0 Å². The number of rotatable bonds is 11. The highest BCUT2D eigenvalue weighted by atomic mass is 16.3. The first-order valence-electron chi connectivity index (χ1n) is 10.5. The van der Waals surface area contributed by atoms with Crippen LogP contribution in [0.2, 0.25) is 0 Å². The van der Waals surface area contributed by atoms with Crippen molar-refractivity contribution in [2.75, 3.05) is 20.6 Å². The lowest BCUT2D eigenvalue weighted by atomic mass is 9.89. The number of hydrogen-bond donors (Lipinski definition) is 1. The zero-order valence-electron chi connectivity index (χ0n) is 16.7. The van der Waals surface area contributed by atoms with Gasteiger partial charge in [0.1, 0.15) is 0 Å². The number of allylic oxidation sites excluding steroid dienone is 5. The molecule has 2 heteroatoms. The Morgan fingerprint density at radius 1 is 1.16 bits per heavy atom. The highest BCUT2D eigenvalue weighted by Crippen LogP contribution is 2.48. The van der Waals surface area contributed by atoms with E-state index in [2.05, 4.69) is 56.3 Å². The molecule has 0 saturated heterocycles. The summed E-state index contributed by atoms with van der Waals surface area (Å²) in [4.78, 5) is 2.27. The first-order valence-corrected chi connectivity index (χ1v) is 10.5. The summed E-state index contributed by atoms with van der Waals surface area (Å²) < 4.78 is 0. The molecule has 0 spiro atoms. The molecule has 2 aliphatic rings. The molecule has 0 bridgehead atoms. The van der Waals surface area contributed by atoms with Gasteiger partial charge in [0.05, 0.1) is 6.10 Å². The van der Waals surface area contributed by atoms with Gasteiger partial charge < -0.3 is 10.0 Å². The first kappa shape index (κ1) is 20.5. The molecule has 2 aliphatic carbocycles. The molecule has 1 fully saturated rings. The van der Waals surface area contributed by atoms with E-state index < -0.39 is 0 Å². The maximum Gasteiger partial charge on any atom is 0.0611 e. The summed E-state index contributed by atoms with van der Waals surface area (Å²) in [6.45, 7) is 3.43. The summed E-state index contributed by atoms with van der Waals surface area (Å²) in [6, 6.07) is 0. The fourth-order valence-electron chi connectivity index (χ4n) is 4.44. The Balaban J connectivity index is 1.73. The molecule has 1 N–H and O–H groups in total. The lowest BCUT2D eigenvalue weighted by Crippen LogP contribution is -2.16. The Bertz CT molecular complexity index is 463. The fraction of sp³-hybridized carbons (Fsp3) is 0.739. The molecule has 0 unspecified atom stereocenters. The summed E-state index contributed by atoms with van der Waals surface area (Å²) in [5.41, 5.74) is 1.66. The van der Waals surface area contributed by atoms with Crippen molar-refractivity contribution < 1.29 is 5.11 Å². The summed E-state index contributed by atoms with van der Waals surface area (Å²) >= 11 is 0. The largest absolute Gasteiger partial charge is 0.392 e. The first-order chi connectivity index (χ1) is 12.1. The van der Waals surface area contributed by atoms with Crippen LogP contribution in [0, 0.1) is 17.8 Å². The van der Waals surface area contributed by atoms with E-state index in [1.165, 1.54) is 57.9 Å². The van der Waals surface area contributed by atoms with Crippen molar-refractivity contribution in [1.82, 2.24) is 4.90 Å². The van der Waals surface area contributed by atoms with Gasteiger partial charge in [-0.1, -0.05) is 62.1 Å². The lowest BCUT2D eigenvalue weighted by Gasteiger charge is -2.18. The number of aliphatic hydroxyl groups excluding tert-OH is 1. The van der Waals surface area contributed by atoms with Crippen LogP contribution < -0.4 is 0 Å². The van der Waals surface area contributed by atoms with E-state index in [0.29, 0.717) is 17.8 Å². The standard InChI is InChI=1S/C23H39NO/c1-4-5-6-7-8-11-14-21-22-17-19(16-20(22)18-23(21)25)13-10-9-12-15-24(2)3/h7-8,11,14,16,20-23,25H,4-6,9-10,12-13,15,17-18H2,1-3H3/t20-,21+,22-,23+/m0/s1. The minimum atomic E-state index is -0.145. The number of nitrogens with zero attached hydrogens (tertiary/aromatic N) is 1. The average molecular weight is 346 g/mol. The Labute approximate surface area is 155 Å². The second-order valence-corrected chi connectivity index (χ2v) is 8.31. The number of hydrogen-bond acceptors (Lipinski definition) is 2. The van der Waals surface area contributed by atoms with Crippen LogP contribution >= 0.6 is 0 Å². The molecule has 4 atom stereocenters. The smallest absolute Gasteiger partial charge is 0.0611 e. The zero-order chi connectivity index (χ0) is 18.1. The van der Waals surface area contributed by atoms with Gasteiger partial charge in [-0.25, -0.2) is 0 Å². The quantitative estimate of drug-likeness (QED) is 0.310. The van der Waals surface area contributed by atoms with E-state index in [-0.39, 0.29) is 6.10 Å². The maximum atomic E-state index is 10.4. The van der Waals surface area contributed by atoms with Crippen molar-refractivity contribution in [2.45, 2.75) is 70.8 Å². The highest BCUT2D eigenvalue weighted by molar-refractivity contribution is 5.21. The molecule has 2 nitrogen and oxygen atoms in total. The van der Waals surface area contributed by atoms with Gasteiger partial charge in [0, 0.05) is 5.92 Å². The molecule has 0 aromatic heterocycles. The van der Waals surface area contributed by atoms with Gasteiger partial charge in [0.2, 0.25) is 0 Å². The van der Waals surface area contributed by atoms with Gasteiger partial charge in [-0.05, 0) is 71.0 Å². The van der Waals surface area contributed by atoms with Crippen molar-refractivity contribution in [1.29, 1.82) is 0 Å². The Hall–Kier alpha value is -0.860. The minimum absolute atomic E-state index is 0.145. The average Bonchev–Trinajstić information content (AvgIpc) is 3.07. The van der Waals surface area contributed by atoms with Crippen LogP contribution in [0.25, 0.3) is 0 Å². The monoisotopic (exact) mass is 345 g/mol. The van der Waals surface area contributed by atoms with Crippen molar-refractivity contribution >= 4 is 0 Å². The van der Waals surface area contributed by atoms with Gasteiger partial charge in [0.15, 0.2) is 0 Å². The van der Waals surface area contributed by atoms with Crippen LogP contribution in [0.4, 0.5) is 0 Å². The molecule has 0 aliphatic heterocycles. The summed E-state index contributed by atoms with van der Waals surface area (Å²) in [7, 11) is 4.30. The summed E-state index contributed by atoms with van der Waals surface area (Å²) in [6.07, 6.45) is 22.3. The normalized spacial score (nSPS) is 29.2. The SMILES string of the molecule is CCCCC=CC=C[C@@H]1[C@H]2CC(CCCCCN(C)C)=C[C@H]2C[C@H]1O. The molecule has 0 aromatic rings. The second kappa shape index (κ2) is 11.0. The third kappa shape index (κ3) is 6.75. The highest BCUT2D eigenvalue weighted by Gasteiger charge is 2.42. The van der Waals surface area contributed by atoms with Crippen LogP contribution in [-0.2, 0) is 0 Å². The van der Waals surface area contributed by atoms with Gasteiger partial charge >= 0.3 is 0 Å². The topological polar surface area (TPSA) is 23.5 Å². The number of unbranched alkanes of at least 4 members (excludes halogenated alkanes) is 4. The van der Waals surface area contributed by atoms with E-state index >= 15 is 0 Å². The van der Waals surface area contributed by atoms with Crippen LogP contribution in [0.3, 0.4) is 0 Å². The lowest BCUT2D eigenvalue weighted by molar-refractivity contribution is 0.141. The van der Waals surface area contributed by atoms with Gasteiger partial charge in [-0.15, -0.1) is 0 Å². The molecular formula is C23H39NO. The van der Waals surface area contributed by atoms with Crippen molar-refractivity contribution in [3.05, 3.63) is 36.0 Å². The van der Waals surface area contributed by atoms with E-state index in [9.17, 15) is 5.11 Å². The second-order valence-electron chi connectivity index (χ2n) is 8.31. The van der Waals surface area contributed by atoms with Crippen molar-refractivity contribution in [2.24, 2.45) is 17.8 Å². The Morgan fingerprint density at radius 3 is 2.76 bits per heavy atom. The molecule has 142 valence electrons. The maximum absolute atomic E-state index is 10.4. The molecule has 0 aromatic carbocycles. The summed E-state index contributed by atoms with van der Waals surface area (Å²) in [5.74, 6) is 1.61. The Kier molecular flexibility index (Phi) is 8.98. The van der Waals surface area contributed by atoms with Gasteiger partial charge in [0.25, 0.3) is 0 Å². The molecular weight excluding hydrogens is 306 g/mol. The van der Waals surface area contributed by atoms with Gasteiger partial charge in [-0.2, -0.15) is 0 Å². The van der Waals surface area contributed by atoms with Crippen molar-refractivity contribution in [3.8, 4) is 0 Å². The van der Waals surface area contributed by atoms with Crippen LogP contribution in [0.1, 0.15) is 64.7 Å². The third-order valence-corrected chi connectivity index (χ3v) is 5.86. The molecule has 25 heavy (non-hydrogen) atoms. The van der Waals surface area contributed by atoms with Crippen LogP contribution in [-0.4, -0.2) is 36.8 Å². The van der Waals surface area contributed by atoms with Gasteiger partial charge in [-0.3, -0.25) is 0 Å². The van der Waals surface area contributed by atoms with Crippen LogP contribution in [0.5, 0.6) is 0 Å².